The lowest BCUT2D eigenvalue weighted by Gasteiger charge is -2.31. The molecule has 254 valence electrons. The maximum Gasteiger partial charge on any atom is 0.336 e. The van der Waals surface area contributed by atoms with Gasteiger partial charge in [0.1, 0.15) is 0 Å². The van der Waals surface area contributed by atoms with Gasteiger partial charge < -0.3 is 24.3 Å². The van der Waals surface area contributed by atoms with Crippen LogP contribution in [-0.2, 0) is 35.0 Å². The molecule has 0 saturated carbocycles. The number of allylic oxidation sites excluding steroid dienone is 2. The molecule has 2 unspecified atom stereocenters. The average molecular weight is 667 g/mol. The van der Waals surface area contributed by atoms with E-state index in [4.69, 9.17) is 18.9 Å². The zero-order chi connectivity index (χ0) is 33.6. The van der Waals surface area contributed by atoms with Gasteiger partial charge in [0.25, 0.3) is 5.69 Å². The number of nitrogens with one attached hydrogen (secondary N) is 1. The molecular weight excluding hydrogens is 620 g/mol. The summed E-state index contributed by atoms with van der Waals surface area (Å²) >= 11 is 1.68. The van der Waals surface area contributed by atoms with Crippen LogP contribution < -0.4 is 5.32 Å². The van der Waals surface area contributed by atoms with Gasteiger partial charge in [0.15, 0.2) is 6.29 Å². The predicted molar refractivity (Wildman–Crippen MR) is 181 cm³/mol. The summed E-state index contributed by atoms with van der Waals surface area (Å²) in [6, 6.07) is 14.4. The summed E-state index contributed by atoms with van der Waals surface area (Å²) in [5.74, 6) is -1.25. The molecule has 10 nitrogen and oxygen atoms in total. The fourth-order valence-electron chi connectivity index (χ4n) is 5.62. The second-order valence-corrected chi connectivity index (χ2v) is 12.8. The lowest BCUT2D eigenvalue weighted by Crippen LogP contribution is -2.33. The van der Waals surface area contributed by atoms with E-state index in [-0.39, 0.29) is 36.3 Å². The van der Waals surface area contributed by atoms with Crippen molar-refractivity contribution in [1.29, 1.82) is 0 Å². The SMILES string of the molecule is CCCCOC(=O)C1=C(CC)NC(C)=C(C(=O)OCCCSc2ccc(CCOC3CCCCO3)cc2)C1c1cccc([N+](=O)[O-])c1. The molecule has 2 aliphatic rings. The van der Waals surface area contributed by atoms with Crippen molar-refractivity contribution < 1.29 is 33.5 Å². The molecule has 0 aromatic heterocycles. The highest BCUT2D eigenvalue weighted by Crippen LogP contribution is 2.41. The van der Waals surface area contributed by atoms with Gasteiger partial charge in [-0.15, -0.1) is 11.8 Å². The Morgan fingerprint density at radius 1 is 1.00 bits per heavy atom. The quantitative estimate of drug-likeness (QED) is 0.0601. The van der Waals surface area contributed by atoms with E-state index in [1.807, 2.05) is 13.8 Å². The van der Waals surface area contributed by atoms with Crippen molar-refractivity contribution in [3.05, 3.63) is 92.3 Å². The number of esters is 2. The average Bonchev–Trinajstić information content (AvgIpc) is 3.08. The molecule has 0 radical (unpaired) electrons. The number of benzene rings is 2. The summed E-state index contributed by atoms with van der Waals surface area (Å²) in [6.45, 7) is 7.49. The number of nitrogens with zero attached hydrogens (tertiary/aromatic N) is 1. The summed E-state index contributed by atoms with van der Waals surface area (Å²) in [5.41, 5.74) is 3.20. The number of ether oxygens (including phenoxy) is 4. The molecule has 2 aromatic rings. The number of carbonyl (C=O) groups is 2. The van der Waals surface area contributed by atoms with E-state index in [1.165, 1.54) is 17.7 Å². The summed E-state index contributed by atoms with van der Waals surface area (Å²) in [4.78, 5) is 39.3. The van der Waals surface area contributed by atoms with Gasteiger partial charge in [-0.05, 0) is 75.1 Å². The molecule has 0 amide bonds. The molecule has 1 saturated heterocycles. The van der Waals surface area contributed by atoms with Crippen LogP contribution in [0.3, 0.4) is 0 Å². The minimum atomic E-state index is -0.874. The van der Waals surface area contributed by atoms with E-state index in [1.54, 1.807) is 30.8 Å². The number of dihydropyridines is 1. The number of nitro groups is 1. The lowest BCUT2D eigenvalue weighted by molar-refractivity contribution is -0.384. The highest BCUT2D eigenvalue weighted by Gasteiger charge is 2.39. The zero-order valence-corrected chi connectivity index (χ0v) is 28.4. The zero-order valence-electron chi connectivity index (χ0n) is 27.6. The van der Waals surface area contributed by atoms with Gasteiger partial charge in [0, 0.05) is 40.8 Å². The van der Waals surface area contributed by atoms with E-state index in [9.17, 15) is 19.7 Å². The first-order valence-corrected chi connectivity index (χ1v) is 17.5. The molecule has 0 bridgehead atoms. The van der Waals surface area contributed by atoms with Crippen LogP contribution in [0.2, 0.25) is 0 Å². The first-order valence-electron chi connectivity index (χ1n) is 16.6. The molecule has 2 aromatic carbocycles. The summed E-state index contributed by atoms with van der Waals surface area (Å²) in [6.07, 6.45) is 6.62. The van der Waals surface area contributed by atoms with Crippen LogP contribution in [0.15, 0.2) is 76.0 Å². The van der Waals surface area contributed by atoms with Crippen molar-refractivity contribution in [2.24, 2.45) is 0 Å². The molecule has 2 aliphatic heterocycles. The molecular formula is C36H46N2O8S. The number of thioether (sulfide) groups is 1. The summed E-state index contributed by atoms with van der Waals surface area (Å²) in [5, 5.41) is 14.8. The Bertz CT molecular complexity index is 1430. The first-order chi connectivity index (χ1) is 22.8. The Balaban J connectivity index is 1.36. The van der Waals surface area contributed by atoms with Crippen molar-refractivity contribution in [2.45, 2.75) is 89.2 Å². The third-order valence-electron chi connectivity index (χ3n) is 8.13. The largest absolute Gasteiger partial charge is 0.462 e. The number of carbonyl (C=O) groups excluding carboxylic acids is 2. The van der Waals surface area contributed by atoms with Gasteiger partial charge in [0.05, 0.1) is 41.8 Å². The van der Waals surface area contributed by atoms with Gasteiger partial charge in [0.2, 0.25) is 0 Å². The van der Waals surface area contributed by atoms with Gasteiger partial charge in [-0.25, -0.2) is 9.59 Å². The van der Waals surface area contributed by atoms with Crippen LogP contribution >= 0.6 is 11.8 Å². The second-order valence-electron chi connectivity index (χ2n) is 11.6. The Morgan fingerprint density at radius 2 is 1.74 bits per heavy atom. The molecule has 1 N–H and O–H groups in total. The fourth-order valence-corrected chi connectivity index (χ4v) is 6.45. The monoisotopic (exact) mass is 666 g/mol. The van der Waals surface area contributed by atoms with Crippen LogP contribution in [0.5, 0.6) is 0 Å². The van der Waals surface area contributed by atoms with Crippen molar-refractivity contribution in [2.75, 3.05) is 32.2 Å². The Kier molecular flexibility index (Phi) is 14.3. The minimum absolute atomic E-state index is 0.0766. The topological polar surface area (TPSA) is 126 Å². The normalized spacial score (nSPS) is 18.1. The highest BCUT2D eigenvalue weighted by atomic mass is 32.2. The lowest BCUT2D eigenvalue weighted by atomic mass is 9.79. The smallest absolute Gasteiger partial charge is 0.336 e. The molecule has 2 heterocycles. The Labute approximate surface area is 281 Å². The third-order valence-corrected chi connectivity index (χ3v) is 9.23. The number of non-ortho nitro benzene ring substituents is 1. The molecule has 2 atom stereocenters. The minimum Gasteiger partial charge on any atom is -0.462 e. The van der Waals surface area contributed by atoms with Crippen molar-refractivity contribution >= 4 is 29.4 Å². The molecule has 47 heavy (non-hydrogen) atoms. The van der Waals surface area contributed by atoms with E-state index >= 15 is 0 Å². The van der Waals surface area contributed by atoms with Gasteiger partial charge in [-0.1, -0.05) is 44.5 Å². The van der Waals surface area contributed by atoms with Crippen molar-refractivity contribution in [3.63, 3.8) is 0 Å². The molecule has 0 spiro atoms. The third kappa shape index (κ3) is 10.4. The van der Waals surface area contributed by atoms with Crippen molar-refractivity contribution in [1.82, 2.24) is 5.32 Å². The number of hydrogen-bond acceptors (Lipinski definition) is 10. The van der Waals surface area contributed by atoms with E-state index in [0.29, 0.717) is 42.8 Å². The molecule has 1 fully saturated rings. The van der Waals surface area contributed by atoms with Crippen LogP contribution in [0.4, 0.5) is 5.69 Å². The summed E-state index contributed by atoms with van der Waals surface area (Å²) < 4.78 is 22.8. The van der Waals surface area contributed by atoms with E-state index < -0.39 is 22.8 Å². The van der Waals surface area contributed by atoms with Gasteiger partial charge in [-0.2, -0.15) is 0 Å². The summed E-state index contributed by atoms with van der Waals surface area (Å²) in [7, 11) is 0. The maximum absolute atomic E-state index is 13.6. The Morgan fingerprint density at radius 3 is 2.43 bits per heavy atom. The van der Waals surface area contributed by atoms with Gasteiger partial charge >= 0.3 is 11.9 Å². The number of hydrogen-bond donors (Lipinski definition) is 1. The van der Waals surface area contributed by atoms with Crippen molar-refractivity contribution in [3.8, 4) is 0 Å². The van der Waals surface area contributed by atoms with Crippen LogP contribution in [0.25, 0.3) is 0 Å². The first kappa shape index (κ1) is 36.2. The maximum atomic E-state index is 13.6. The second kappa shape index (κ2) is 18.6. The molecule has 0 aliphatic carbocycles. The standard InChI is InChI=1S/C36H46N2O8S/c1-4-6-19-45-36(40)34-30(5-2)37-25(3)32(33(34)27-11-9-12-28(24-27)38(41)42)35(39)46-21-10-23-47-29-16-14-26(15-17-29)18-22-44-31-13-7-8-20-43-31/h9,11-12,14-17,24,31,33,37H,4-8,10,13,18-23H2,1-3H3. The highest BCUT2D eigenvalue weighted by molar-refractivity contribution is 7.99. The molecule has 11 heteroatoms. The van der Waals surface area contributed by atoms with Gasteiger partial charge in [-0.3, -0.25) is 10.1 Å². The fraction of sp³-hybridized carbons (Fsp3) is 0.500. The number of unbranched alkanes of at least 4 members (excludes halogenated alkanes) is 1. The van der Waals surface area contributed by atoms with Crippen LogP contribution in [-0.4, -0.2) is 55.3 Å². The Hall–Kier alpha value is -3.67. The predicted octanol–water partition coefficient (Wildman–Crippen LogP) is 7.37. The molecule has 4 rings (SSSR count). The van der Waals surface area contributed by atoms with E-state index in [2.05, 4.69) is 29.6 Å². The van der Waals surface area contributed by atoms with Crippen LogP contribution in [0, 0.1) is 10.1 Å². The number of rotatable bonds is 17. The number of nitro benzene ring substituents is 1. The van der Waals surface area contributed by atoms with E-state index in [0.717, 1.165) is 49.4 Å². The van der Waals surface area contributed by atoms with Crippen LogP contribution in [0.1, 0.15) is 82.8 Å².